The number of hydrogen-bond donors (Lipinski definition) is 1. The Bertz CT molecular complexity index is 659. The van der Waals surface area contributed by atoms with E-state index in [9.17, 15) is 8.42 Å². The SMILES string of the molecule is CCS(=O)(=O)CCCn1ccc2c(CN)cccc21. The van der Waals surface area contributed by atoms with E-state index in [-0.39, 0.29) is 11.5 Å². The van der Waals surface area contributed by atoms with Gasteiger partial charge in [-0.05, 0) is 24.1 Å². The predicted octanol–water partition coefficient (Wildman–Crippen LogP) is 1.92. The van der Waals surface area contributed by atoms with Crippen LogP contribution in [0.5, 0.6) is 0 Å². The lowest BCUT2D eigenvalue weighted by atomic mass is 10.1. The van der Waals surface area contributed by atoms with E-state index in [0.717, 1.165) is 23.0 Å². The molecule has 2 rings (SSSR count). The van der Waals surface area contributed by atoms with Crippen molar-refractivity contribution in [1.82, 2.24) is 4.57 Å². The van der Waals surface area contributed by atoms with E-state index in [1.54, 1.807) is 6.92 Å². The number of aryl methyl sites for hydroxylation is 1. The van der Waals surface area contributed by atoms with Crippen LogP contribution in [0.15, 0.2) is 30.5 Å². The molecular weight excluding hydrogens is 260 g/mol. The highest BCUT2D eigenvalue weighted by Crippen LogP contribution is 2.20. The zero-order valence-corrected chi connectivity index (χ0v) is 12.0. The molecule has 2 N–H and O–H groups in total. The van der Waals surface area contributed by atoms with Crippen LogP contribution in [0.2, 0.25) is 0 Å². The van der Waals surface area contributed by atoms with Crippen molar-refractivity contribution in [2.75, 3.05) is 11.5 Å². The van der Waals surface area contributed by atoms with Crippen LogP contribution in [0, 0.1) is 0 Å². The molecule has 5 heteroatoms. The largest absolute Gasteiger partial charge is 0.347 e. The van der Waals surface area contributed by atoms with E-state index < -0.39 is 9.84 Å². The summed E-state index contributed by atoms with van der Waals surface area (Å²) in [6.07, 6.45) is 2.65. The van der Waals surface area contributed by atoms with Crippen molar-refractivity contribution in [3.8, 4) is 0 Å². The zero-order chi connectivity index (χ0) is 13.9. The maximum absolute atomic E-state index is 11.5. The molecule has 104 valence electrons. The minimum atomic E-state index is -2.87. The van der Waals surface area contributed by atoms with Gasteiger partial charge >= 0.3 is 0 Å². The lowest BCUT2D eigenvalue weighted by molar-refractivity contribution is 0.589. The van der Waals surface area contributed by atoms with Gasteiger partial charge in [-0.15, -0.1) is 0 Å². The molecule has 0 aliphatic carbocycles. The Morgan fingerprint density at radius 2 is 2.05 bits per heavy atom. The first-order valence-corrected chi connectivity index (χ1v) is 8.37. The highest BCUT2D eigenvalue weighted by molar-refractivity contribution is 7.91. The second-order valence-electron chi connectivity index (χ2n) is 4.65. The van der Waals surface area contributed by atoms with Gasteiger partial charge in [0.05, 0.1) is 5.75 Å². The number of fused-ring (bicyclic) bond motifs is 1. The maximum atomic E-state index is 11.5. The Hall–Kier alpha value is -1.33. The van der Waals surface area contributed by atoms with E-state index in [2.05, 4.69) is 4.57 Å². The summed E-state index contributed by atoms with van der Waals surface area (Å²) in [5, 5.41) is 1.16. The molecule has 1 aromatic carbocycles. The summed E-state index contributed by atoms with van der Waals surface area (Å²) >= 11 is 0. The first-order valence-electron chi connectivity index (χ1n) is 6.54. The average Bonchev–Trinajstić information content (AvgIpc) is 2.82. The monoisotopic (exact) mass is 280 g/mol. The van der Waals surface area contributed by atoms with Gasteiger partial charge < -0.3 is 10.3 Å². The van der Waals surface area contributed by atoms with Crippen LogP contribution in [0.3, 0.4) is 0 Å². The standard InChI is InChI=1S/C14H20N2O2S/c1-2-19(17,18)10-4-8-16-9-7-13-12(11-15)5-3-6-14(13)16/h3,5-7,9H,2,4,8,10-11,15H2,1H3. The molecule has 0 radical (unpaired) electrons. The Kier molecular flexibility index (Phi) is 4.27. The Morgan fingerprint density at radius 1 is 1.26 bits per heavy atom. The van der Waals surface area contributed by atoms with Crippen molar-refractivity contribution in [3.63, 3.8) is 0 Å². The molecular formula is C14H20N2O2S. The van der Waals surface area contributed by atoms with Gasteiger partial charge in [0.2, 0.25) is 0 Å². The molecule has 0 atom stereocenters. The lowest BCUT2D eigenvalue weighted by Crippen LogP contribution is -2.11. The maximum Gasteiger partial charge on any atom is 0.150 e. The molecule has 0 aliphatic heterocycles. The third-order valence-electron chi connectivity index (χ3n) is 3.42. The first kappa shape index (κ1) is 14.1. The van der Waals surface area contributed by atoms with E-state index in [1.807, 2.05) is 30.5 Å². The van der Waals surface area contributed by atoms with Gasteiger partial charge in [-0.2, -0.15) is 0 Å². The number of rotatable bonds is 6. The molecule has 2 aromatic rings. The first-order chi connectivity index (χ1) is 9.07. The minimum Gasteiger partial charge on any atom is -0.347 e. The van der Waals surface area contributed by atoms with Crippen molar-refractivity contribution in [2.45, 2.75) is 26.4 Å². The van der Waals surface area contributed by atoms with Crippen LogP contribution in [0.4, 0.5) is 0 Å². The third kappa shape index (κ3) is 3.16. The summed E-state index contributed by atoms with van der Waals surface area (Å²) < 4.78 is 25.0. The number of sulfone groups is 1. The molecule has 0 bridgehead atoms. The van der Waals surface area contributed by atoms with Crippen LogP contribution >= 0.6 is 0 Å². The van der Waals surface area contributed by atoms with E-state index in [1.165, 1.54) is 0 Å². The molecule has 0 spiro atoms. The van der Waals surface area contributed by atoms with Crippen LogP contribution < -0.4 is 5.73 Å². The molecule has 0 saturated carbocycles. The van der Waals surface area contributed by atoms with Crippen LogP contribution in [-0.2, 0) is 22.9 Å². The fraction of sp³-hybridized carbons (Fsp3) is 0.429. The molecule has 0 amide bonds. The molecule has 0 unspecified atom stereocenters. The molecule has 0 fully saturated rings. The Labute approximate surface area is 114 Å². The summed E-state index contributed by atoms with van der Waals surface area (Å²) in [7, 11) is -2.87. The third-order valence-corrected chi connectivity index (χ3v) is 5.21. The van der Waals surface area contributed by atoms with Crippen molar-refractivity contribution in [1.29, 1.82) is 0 Å². The normalized spacial score (nSPS) is 12.1. The summed E-state index contributed by atoms with van der Waals surface area (Å²) in [6.45, 7) is 2.93. The van der Waals surface area contributed by atoms with Crippen molar-refractivity contribution in [3.05, 3.63) is 36.0 Å². The molecule has 1 heterocycles. The second-order valence-corrected chi connectivity index (χ2v) is 7.13. The van der Waals surface area contributed by atoms with E-state index >= 15 is 0 Å². The Morgan fingerprint density at radius 3 is 2.74 bits per heavy atom. The summed E-state index contributed by atoms with van der Waals surface area (Å²) in [6, 6.07) is 8.10. The fourth-order valence-electron chi connectivity index (χ4n) is 2.26. The molecule has 19 heavy (non-hydrogen) atoms. The summed E-state index contributed by atoms with van der Waals surface area (Å²) in [5.41, 5.74) is 7.96. The van der Waals surface area contributed by atoms with Crippen LogP contribution in [0.25, 0.3) is 10.9 Å². The van der Waals surface area contributed by atoms with E-state index in [0.29, 0.717) is 13.0 Å². The summed E-state index contributed by atoms with van der Waals surface area (Å²) in [5.74, 6) is 0.469. The minimum absolute atomic E-state index is 0.219. The second kappa shape index (κ2) is 5.75. The van der Waals surface area contributed by atoms with Gasteiger partial charge in [-0.25, -0.2) is 8.42 Å². The fourth-order valence-corrected chi connectivity index (χ4v) is 3.12. The molecule has 0 aliphatic rings. The van der Waals surface area contributed by atoms with E-state index in [4.69, 9.17) is 5.73 Å². The molecule has 0 saturated heterocycles. The topological polar surface area (TPSA) is 65.1 Å². The van der Waals surface area contributed by atoms with Crippen LogP contribution in [0.1, 0.15) is 18.9 Å². The smallest absolute Gasteiger partial charge is 0.150 e. The number of nitrogens with two attached hydrogens (primary N) is 1. The van der Waals surface area contributed by atoms with Crippen molar-refractivity contribution in [2.24, 2.45) is 5.73 Å². The number of hydrogen-bond acceptors (Lipinski definition) is 3. The molecule has 1 aromatic heterocycles. The van der Waals surface area contributed by atoms with Gasteiger partial charge in [0.15, 0.2) is 0 Å². The van der Waals surface area contributed by atoms with Crippen LogP contribution in [-0.4, -0.2) is 24.5 Å². The zero-order valence-electron chi connectivity index (χ0n) is 11.2. The van der Waals surface area contributed by atoms with Crippen molar-refractivity contribution < 1.29 is 8.42 Å². The number of benzene rings is 1. The van der Waals surface area contributed by atoms with Gasteiger partial charge in [0.25, 0.3) is 0 Å². The quantitative estimate of drug-likeness (QED) is 0.879. The Balaban J connectivity index is 2.14. The van der Waals surface area contributed by atoms with Gasteiger partial charge in [0.1, 0.15) is 9.84 Å². The van der Waals surface area contributed by atoms with Gasteiger partial charge in [-0.1, -0.05) is 19.1 Å². The van der Waals surface area contributed by atoms with Gasteiger partial charge in [0, 0.05) is 35.9 Å². The van der Waals surface area contributed by atoms with Crippen molar-refractivity contribution >= 4 is 20.7 Å². The predicted molar refractivity (Wildman–Crippen MR) is 78.8 cm³/mol. The number of aromatic nitrogens is 1. The highest BCUT2D eigenvalue weighted by Gasteiger charge is 2.08. The lowest BCUT2D eigenvalue weighted by Gasteiger charge is -2.06. The molecule has 4 nitrogen and oxygen atoms in total. The number of nitrogens with zero attached hydrogens (tertiary/aromatic N) is 1. The summed E-state index contributed by atoms with van der Waals surface area (Å²) in [4.78, 5) is 0. The average molecular weight is 280 g/mol. The van der Waals surface area contributed by atoms with Gasteiger partial charge in [-0.3, -0.25) is 0 Å². The highest BCUT2D eigenvalue weighted by atomic mass is 32.2.